The monoisotopic (exact) mass is 170 g/mol. The molecule has 3 N–H and O–H groups in total. The first kappa shape index (κ1) is 9.55. The van der Waals surface area contributed by atoms with E-state index in [0.717, 1.165) is 18.6 Å². The highest BCUT2D eigenvalue weighted by Gasteiger charge is 2.34. The first-order chi connectivity index (χ1) is 5.88. The van der Waals surface area contributed by atoms with Crippen molar-refractivity contribution in [3.05, 3.63) is 12.3 Å². The summed E-state index contributed by atoms with van der Waals surface area (Å²) in [6, 6.07) is 0.749. The Balaban J connectivity index is 1.84. The normalized spacial score (nSPS) is 28.1. The molecular formula is C9H18N2O. The van der Waals surface area contributed by atoms with Gasteiger partial charge in [0, 0.05) is 12.6 Å². The molecule has 12 heavy (non-hydrogen) atoms. The fourth-order valence-electron chi connectivity index (χ4n) is 1.36. The molecule has 0 saturated heterocycles. The third-order valence-electron chi connectivity index (χ3n) is 2.28. The van der Waals surface area contributed by atoms with Crippen LogP contribution in [0.3, 0.4) is 0 Å². The summed E-state index contributed by atoms with van der Waals surface area (Å²) in [6.45, 7) is 1.50. The summed E-state index contributed by atoms with van der Waals surface area (Å²) in [5.74, 6) is 0.844. The molecule has 0 aromatic rings. The lowest BCUT2D eigenvalue weighted by atomic mass is 10.3. The molecule has 1 fully saturated rings. The van der Waals surface area contributed by atoms with Gasteiger partial charge < -0.3 is 15.8 Å². The Bertz CT molecular complexity index is 147. The molecule has 0 aromatic carbocycles. The van der Waals surface area contributed by atoms with E-state index in [9.17, 15) is 0 Å². The highest BCUT2D eigenvalue weighted by molar-refractivity contribution is 4.91. The average molecular weight is 170 g/mol. The van der Waals surface area contributed by atoms with Crippen LogP contribution in [0.2, 0.25) is 0 Å². The van der Waals surface area contributed by atoms with Gasteiger partial charge in [0.1, 0.15) is 0 Å². The van der Waals surface area contributed by atoms with E-state index in [2.05, 4.69) is 5.32 Å². The van der Waals surface area contributed by atoms with Gasteiger partial charge in [-0.05, 0) is 38.1 Å². The average Bonchev–Trinajstić information content (AvgIpc) is 2.83. The van der Waals surface area contributed by atoms with Crippen LogP contribution in [0, 0.1) is 5.92 Å². The number of hydrogen-bond donors (Lipinski definition) is 2. The number of nitrogens with one attached hydrogen (secondary N) is 1. The molecule has 0 spiro atoms. The Morgan fingerprint density at radius 3 is 3.08 bits per heavy atom. The summed E-state index contributed by atoms with van der Waals surface area (Å²) in [5.41, 5.74) is 5.16. The van der Waals surface area contributed by atoms with Crippen molar-refractivity contribution in [1.29, 1.82) is 0 Å². The summed E-state index contributed by atoms with van der Waals surface area (Å²) in [4.78, 5) is 0. The fraction of sp³-hybridized carbons (Fsp3) is 0.778. The maximum absolute atomic E-state index is 5.32. The lowest BCUT2D eigenvalue weighted by Gasteiger charge is -1.99. The van der Waals surface area contributed by atoms with Crippen LogP contribution in [0.4, 0.5) is 0 Å². The van der Waals surface area contributed by atoms with E-state index in [4.69, 9.17) is 10.5 Å². The third-order valence-corrected chi connectivity index (χ3v) is 2.28. The molecule has 0 radical (unpaired) electrons. The predicted molar refractivity (Wildman–Crippen MR) is 49.7 cm³/mol. The van der Waals surface area contributed by atoms with Crippen LogP contribution in [-0.2, 0) is 4.74 Å². The van der Waals surface area contributed by atoms with E-state index >= 15 is 0 Å². The van der Waals surface area contributed by atoms with Crippen LogP contribution in [0.5, 0.6) is 0 Å². The summed E-state index contributed by atoms with van der Waals surface area (Å²) in [5, 5.41) is 3.25. The van der Waals surface area contributed by atoms with Crippen molar-refractivity contribution >= 4 is 0 Å². The molecule has 1 saturated carbocycles. The molecule has 1 aliphatic rings. The van der Waals surface area contributed by atoms with E-state index in [1.807, 2.05) is 13.1 Å². The zero-order valence-corrected chi connectivity index (χ0v) is 7.62. The molecule has 0 aliphatic heterocycles. The molecule has 1 aliphatic carbocycles. The Hall–Kier alpha value is -0.540. The zero-order chi connectivity index (χ0) is 8.81. The fourth-order valence-corrected chi connectivity index (χ4v) is 1.36. The molecule has 2 atom stereocenters. The maximum Gasteiger partial charge on any atom is 0.0664 e. The number of rotatable bonds is 6. The molecule has 0 heterocycles. The van der Waals surface area contributed by atoms with E-state index < -0.39 is 0 Å². The third kappa shape index (κ3) is 3.24. The molecule has 3 nitrogen and oxygen atoms in total. The number of nitrogens with two attached hydrogens (primary N) is 1. The van der Waals surface area contributed by atoms with Crippen molar-refractivity contribution < 1.29 is 4.74 Å². The lowest BCUT2D eigenvalue weighted by molar-refractivity contribution is 0.154. The molecule has 3 heteroatoms. The summed E-state index contributed by atoms with van der Waals surface area (Å²) in [7, 11) is 2.02. The topological polar surface area (TPSA) is 47.3 Å². The molecule has 0 amide bonds. The van der Waals surface area contributed by atoms with E-state index in [-0.39, 0.29) is 0 Å². The van der Waals surface area contributed by atoms with Gasteiger partial charge in [-0.2, -0.15) is 0 Å². The second-order valence-corrected chi connectivity index (χ2v) is 3.18. The van der Waals surface area contributed by atoms with Crippen molar-refractivity contribution in [2.75, 3.05) is 20.3 Å². The van der Waals surface area contributed by atoms with Gasteiger partial charge in [0.15, 0.2) is 0 Å². The van der Waals surface area contributed by atoms with E-state index in [0.29, 0.717) is 6.61 Å². The number of hydrogen-bond acceptors (Lipinski definition) is 3. The maximum atomic E-state index is 5.32. The second-order valence-electron chi connectivity index (χ2n) is 3.18. The molecule has 0 bridgehead atoms. The lowest BCUT2D eigenvalue weighted by Crippen LogP contribution is -2.11. The summed E-state index contributed by atoms with van der Waals surface area (Å²) >= 11 is 0. The molecular weight excluding hydrogens is 152 g/mol. The van der Waals surface area contributed by atoms with E-state index in [1.165, 1.54) is 19.0 Å². The second kappa shape index (κ2) is 5.17. The quantitative estimate of drug-likeness (QED) is 0.570. The van der Waals surface area contributed by atoms with Gasteiger partial charge in [-0.3, -0.25) is 0 Å². The summed E-state index contributed by atoms with van der Waals surface area (Å²) in [6.07, 6.45) is 5.83. The van der Waals surface area contributed by atoms with Crippen LogP contribution in [0.15, 0.2) is 12.3 Å². The number of ether oxygens (including phenoxy) is 1. The van der Waals surface area contributed by atoms with Crippen molar-refractivity contribution in [1.82, 2.24) is 5.32 Å². The van der Waals surface area contributed by atoms with Crippen molar-refractivity contribution in [2.24, 2.45) is 11.7 Å². The molecule has 1 rings (SSSR count). The van der Waals surface area contributed by atoms with Crippen molar-refractivity contribution in [3.63, 3.8) is 0 Å². The highest BCUT2D eigenvalue weighted by Crippen LogP contribution is 2.32. The van der Waals surface area contributed by atoms with Gasteiger partial charge in [-0.15, -0.1) is 0 Å². The van der Waals surface area contributed by atoms with Gasteiger partial charge >= 0.3 is 0 Å². The largest absolute Gasteiger partial charge is 0.405 e. The van der Waals surface area contributed by atoms with Crippen LogP contribution < -0.4 is 11.1 Å². The van der Waals surface area contributed by atoms with Gasteiger partial charge in [0.25, 0.3) is 0 Å². The first-order valence-corrected chi connectivity index (χ1v) is 4.50. The van der Waals surface area contributed by atoms with Crippen molar-refractivity contribution in [2.45, 2.75) is 18.9 Å². The van der Waals surface area contributed by atoms with Crippen LogP contribution in [0.1, 0.15) is 12.8 Å². The van der Waals surface area contributed by atoms with Gasteiger partial charge in [0.2, 0.25) is 0 Å². The minimum absolute atomic E-state index is 0.646. The Labute approximate surface area is 74.0 Å². The molecule has 1 unspecified atom stereocenters. The zero-order valence-electron chi connectivity index (χ0n) is 7.62. The van der Waals surface area contributed by atoms with Crippen LogP contribution >= 0.6 is 0 Å². The van der Waals surface area contributed by atoms with E-state index in [1.54, 1.807) is 0 Å². The van der Waals surface area contributed by atoms with Gasteiger partial charge in [-0.25, -0.2) is 0 Å². The van der Waals surface area contributed by atoms with Crippen LogP contribution in [0.25, 0.3) is 0 Å². The standard InChI is InChI=1S/C9H18N2O/c1-11-9-7-8(9)3-6-12-5-2-4-10/h2,4,8-9,11H,3,5-7,10H2,1H3/b4-2+/t8-,9?/m1/s1. The Morgan fingerprint density at radius 1 is 1.67 bits per heavy atom. The minimum Gasteiger partial charge on any atom is -0.405 e. The SMILES string of the molecule is CNC1C[C@H]1CCOC/C=C/N. The van der Waals surface area contributed by atoms with Gasteiger partial charge in [0.05, 0.1) is 6.61 Å². The molecule has 70 valence electrons. The van der Waals surface area contributed by atoms with Gasteiger partial charge in [-0.1, -0.05) is 0 Å². The van der Waals surface area contributed by atoms with Crippen molar-refractivity contribution in [3.8, 4) is 0 Å². The Morgan fingerprint density at radius 2 is 2.50 bits per heavy atom. The minimum atomic E-state index is 0.646. The molecule has 0 aromatic heterocycles. The predicted octanol–water partition coefficient (Wildman–Crippen LogP) is 0.473. The first-order valence-electron chi connectivity index (χ1n) is 4.50. The highest BCUT2D eigenvalue weighted by atomic mass is 16.5. The smallest absolute Gasteiger partial charge is 0.0664 e. The Kier molecular flexibility index (Phi) is 4.11. The summed E-state index contributed by atoms with van der Waals surface area (Å²) < 4.78 is 5.32. The van der Waals surface area contributed by atoms with Crippen LogP contribution in [-0.4, -0.2) is 26.3 Å².